The SMILES string of the molecule is COc1c(Cl)ccc(Cl)c1C(=O)NCCc1nnc(-c2cccnc2)o1. The van der Waals surface area contributed by atoms with E-state index in [4.69, 9.17) is 32.4 Å². The van der Waals surface area contributed by atoms with E-state index >= 15 is 0 Å². The van der Waals surface area contributed by atoms with Crippen LogP contribution in [0.15, 0.2) is 41.1 Å². The quantitative estimate of drug-likeness (QED) is 0.690. The van der Waals surface area contributed by atoms with Gasteiger partial charge in [-0.1, -0.05) is 23.2 Å². The van der Waals surface area contributed by atoms with Crippen molar-refractivity contribution in [3.05, 3.63) is 58.2 Å². The number of ether oxygens (including phenoxy) is 1. The molecule has 0 atom stereocenters. The van der Waals surface area contributed by atoms with Gasteiger partial charge in [-0.25, -0.2) is 0 Å². The molecule has 0 aliphatic heterocycles. The predicted octanol–water partition coefficient (Wildman–Crippen LogP) is 3.42. The van der Waals surface area contributed by atoms with E-state index in [1.807, 2.05) is 6.07 Å². The van der Waals surface area contributed by atoms with Crippen molar-refractivity contribution in [3.63, 3.8) is 0 Å². The maximum Gasteiger partial charge on any atom is 0.256 e. The molecule has 7 nitrogen and oxygen atoms in total. The fourth-order valence-electron chi connectivity index (χ4n) is 2.28. The van der Waals surface area contributed by atoms with Gasteiger partial charge in [0, 0.05) is 25.4 Å². The number of benzene rings is 1. The van der Waals surface area contributed by atoms with Gasteiger partial charge in [-0.3, -0.25) is 9.78 Å². The maximum atomic E-state index is 12.4. The lowest BCUT2D eigenvalue weighted by atomic mass is 10.2. The number of aromatic nitrogens is 3. The number of rotatable bonds is 6. The Hall–Kier alpha value is -2.64. The van der Waals surface area contributed by atoms with Crippen molar-refractivity contribution in [1.29, 1.82) is 0 Å². The predicted molar refractivity (Wildman–Crippen MR) is 96.6 cm³/mol. The summed E-state index contributed by atoms with van der Waals surface area (Å²) in [5, 5.41) is 11.2. The Balaban J connectivity index is 1.63. The van der Waals surface area contributed by atoms with Crippen molar-refractivity contribution in [1.82, 2.24) is 20.5 Å². The fourth-order valence-corrected chi connectivity index (χ4v) is 2.75. The molecule has 2 aromatic heterocycles. The Morgan fingerprint density at radius 3 is 2.77 bits per heavy atom. The first kappa shape index (κ1) is 18.2. The van der Waals surface area contributed by atoms with Gasteiger partial charge < -0.3 is 14.5 Å². The van der Waals surface area contributed by atoms with Crippen LogP contribution in [-0.4, -0.2) is 34.7 Å². The second-order valence-corrected chi connectivity index (χ2v) is 6.00. The second kappa shape index (κ2) is 8.16. The largest absolute Gasteiger partial charge is 0.494 e. The summed E-state index contributed by atoms with van der Waals surface area (Å²) in [5.74, 6) is 0.599. The Kier molecular flexibility index (Phi) is 5.70. The maximum absolute atomic E-state index is 12.4. The normalized spacial score (nSPS) is 10.6. The number of hydrogen-bond acceptors (Lipinski definition) is 6. The molecule has 0 saturated carbocycles. The molecule has 1 amide bonds. The lowest BCUT2D eigenvalue weighted by molar-refractivity contribution is 0.0950. The molecular formula is C17H14Cl2N4O3. The van der Waals surface area contributed by atoms with E-state index in [0.717, 1.165) is 5.56 Å². The van der Waals surface area contributed by atoms with Crippen LogP contribution >= 0.6 is 23.2 Å². The van der Waals surface area contributed by atoms with E-state index < -0.39 is 5.91 Å². The summed E-state index contributed by atoms with van der Waals surface area (Å²) in [4.78, 5) is 16.4. The molecular weight excluding hydrogens is 379 g/mol. The van der Waals surface area contributed by atoms with Gasteiger partial charge in [0.15, 0.2) is 5.75 Å². The molecule has 134 valence electrons. The van der Waals surface area contributed by atoms with Crippen LogP contribution in [0.3, 0.4) is 0 Å². The fraction of sp³-hybridized carbons (Fsp3) is 0.176. The molecule has 0 fully saturated rings. The minimum atomic E-state index is -0.402. The first-order valence-electron chi connectivity index (χ1n) is 7.63. The van der Waals surface area contributed by atoms with Gasteiger partial charge in [-0.2, -0.15) is 0 Å². The molecule has 1 aromatic carbocycles. The third kappa shape index (κ3) is 3.95. The smallest absolute Gasteiger partial charge is 0.256 e. The van der Waals surface area contributed by atoms with Gasteiger partial charge in [-0.05, 0) is 24.3 Å². The number of nitrogens with zero attached hydrogens (tertiary/aromatic N) is 3. The van der Waals surface area contributed by atoms with Crippen molar-refractivity contribution in [2.45, 2.75) is 6.42 Å². The summed E-state index contributed by atoms with van der Waals surface area (Å²) in [6, 6.07) is 6.71. The van der Waals surface area contributed by atoms with Crippen LogP contribution in [0.5, 0.6) is 5.75 Å². The standard InChI is InChI=1S/C17H14Cl2N4O3/c1-25-15-12(19)5-4-11(18)14(15)16(24)21-8-6-13-22-23-17(26-13)10-3-2-7-20-9-10/h2-5,7,9H,6,8H2,1H3,(H,21,24). The van der Waals surface area contributed by atoms with Crippen LogP contribution in [-0.2, 0) is 6.42 Å². The van der Waals surface area contributed by atoms with Gasteiger partial charge in [0.05, 0.1) is 22.7 Å². The minimum absolute atomic E-state index is 0.184. The van der Waals surface area contributed by atoms with Crippen molar-refractivity contribution in [2.75, 3.05) is 13.7 Å². The number of pyridine rings is 1. The average Bonchev–Trinajstić information content (AvgIpc) is 3.13. The van der Waals surface area contributed by atoms with E-state index in [0.29, 0.717) is 23.2 Å². The molecule has 3 aromatic rings. The van der Waals surface area contributed by atoms with E-state index in [9.17, 15) is 4.79 Å². The van der Waals surface area contributed by atoms with Crippen molar-refractivity contribution in [3.8, 4) is 17.2 Å². The second-order valence-electron chi connectivity index (χ2n) is 5.19. The summed E-state index contributed by atoms with van der Waals surface area (Å²) in [6.45, 7) is 0.277. The highest BCUT2D eigenvalue weighted by molar-refractivity contribution is 6.37. The topological polar surface area (TPSA) is 90.1 Å². The number of amides is 1. The molecule has 3 rings (SSSR count). The molecule has 0 aliphatic rings. The third-order valence-electron chi connectivity index (χ3n) is 3.49. The molecule has 0 radical (unpaired) electrons. The number of carbonyl (C=O) groups excluding carboxylic acids is 1. The zero-order valence-corrected chi connectivity index (χ0v) is 15.2. The first-order chi connectivity index (χ1) is 12.6. The van der Waals surface area contributed by atoms with Crippen molar-refractivity contribution < 1.29 is 13.9 Å². The van der Waals surface area contributed by atoms with E-state index in [1.54, 1.807) is 30.6 Å². The van der Waals surface area contributed by atoms with Gasteiger partial charge in [0.2, 0.25) is 11.8 Å². The van der Waals surface area contributed by atoms with Crippen LogP contribution in [0.1, 0.15) is 16.2 Å². The average molecular weight is 393 g/mol. The van der Waals surface area contributed by atoms with Gasteiger partial charge in [0.1, 0.15) is 5.56 Å². The Labute approximate surface area is 159 Å². The van der Waals surface area contributed by atoms with Crippen LogP contribution in [0.25, 0.3) is 11.5 Å². The molecule has 0 unspecified atom stereocenters. The van der Waals surface area contributed by atoms with Crippen LogP contribution in [0, 0.1) is 0 Å². The summed E-state index contributed by atoms with van der Waals surface area (Å²) in [7, 11) is 1.42. The zero-order valence-electron chi connectivity index (χ0n) is 13.7. The van der Waals surface area contributed by atoms with Gasteiger partial charge >= 0.3 is 0 Å². The van der Waals surface area contributed by atoms with Crippen molar-refractivity contribution in [2.24, 2.45) is 0 Å². The number of halogens is 2. The summed E-state index contributed by atoms with van der Waals surface area (Å²) in [5.41, 5.74) is 0.911. The summed E-state index contributed by atoms with van der Waals surface area (Å²) >= 11 is 12.1. The summed E-state index contributed by atoms with van der Waals surface area (Å²) < 4.78 is 10.7. The molecule has 0 saturated heterocycles. The molecule has 1 N–H and O–H groups in total. The molecule has 0 aliphatic carbocycles. The highest BCUT2D eigenvalue weighted by Crippen LogP contribution is 2.33. The van der Waals surface area contributed by atoms with E-state index in [1.165, 1.54) is 7.11 Å². The lowest BCUT2D eigenvalue weighted by Gasteiger charge is -2.11. The van der Waals surface area contributed by atoms with Gasteiger partial charge in [-0.15, -0.1) is 10.2 Å². The van der Waals surface area contributed by atoms with Crippen LogP contribution < -0.4 is 10.1 Å². The molecule has 9 heteroatoms. The molecule has 2 heterocycles. The highest BCUT2D eigenvalue weighted by atomic mass is 35.5. The highest BCUT2D eigenvalue weighted by Gasteiger charge is 2.19. The number of hydrogen-bond donors (Lipinski definition) is 1. The minimum Gasteiger partial charge on any atom is -0.494 e. The van der Waals surface area contributed by atoms with Crippen molar-refractivity contribution >= 4 is 29.1 Å². The van der Waals surface area contributed by atoms with Gasteiger partial charge in [0.25, 0.3) is 5.91 Å². The van der Waals surface area contributed by atoms with E-state index in [2.05, 4.69) is 20.5 Å². The van der Waals surface area contributed by atoms with Crippen LogP contribution in [0.4, 0.5) is 0 Å². The Morgan fingerprint density at radius 1 is 1.23 bits per heavy atom. The number of carbonyl (C=O) groups is 1. The number of methoxy groups -OCH3 is 1. The monoisotopic (exact) mass is 392 g/mol. The zero-order chi connectivity index (χ0) is 18.5. The number of nitrogens with one attached hydrogen (secondary N) is 1. The first-order valence-corrected chi connectivity index (χ1v) is 8.38. The third-order valence-corrected chi connectivity index (χ3v) is 4.10. The molecule has 0 spiro atoms. The van der Waals surface area contributed by atoms with Crippen LogP contribution in [0.2, 0.25) is 10.0 Å². The van der Waals surface area contributed by atoms with E-state index in [-0.39, 0.29) is 22.9 Å². The summed E-state index contributed by atoms with van der Waals surface area (Å²) in [6.07, 6.45) is 3.65. The lowest BCUT2D eigenvalue weighted by Crippen LogP contribution is -2.26. The Morgan fingerprint density at radius 2 is 2.04 bits per heavy atom. The Bertz CT molecular complexity index is 916. The molecule has 26 heavy (non-hydrogen) atoms. The molecule has 0 bridgehead atoms.